The van der Waals surface area contributed by atoms with Crippen LogP contribution in [0.5, 0.6) is 0 Å². The van der Waals surface area contributed by atoms with Crippen LogP contribution in [0.4, 0.5) is 13.2 Å². The normalized spacial score (nSPS) is 14.2. The van der Waals surface area contributed by atoms with Gasteiger partial charge in [0.1, 0.15) is 0 Å². The molecule has 0 spiro atoms. The van der Waals surface area contributed by atoms with Crippen molar-refractivity contribution in [3.8, 4) is 11.8 Å². The van der Waals surface area contributed by atoms with Crippen molar-refractivity contribution in [2.75, 3.05) is 0 Å². The molecule has 0 N–H and O–H groups in total. The molecule has 0 saturated carbocycles. The molecule has 25 heavy (non-hydrogen) atoms. The lowest BCUT2D eigenvalue weighted by molar-refractivity contribution is -0.137. The van der Waals surface area contributed by atoms with E-state index in [1.54, 1.807) is 0 Å². The van der Waals surface area contributed by atoms with E-state index in [1.165, 1.54) is 17.3 Å². The lowest BCUT2D eigenvalue weighted by atomic mass is 10.1. The molecule has 0 aliphatic carbocycles. The molecule has 0 fully saturated rings. The van der Waals surface area contributed by atoms with Crippen molar-refractivity contribution in [3.05, 3.63) is 51.9 Å². The summed E-state index contributed by atoms with van der Waals surface area (Å²) in [5.41, 5.74) is 0.134. The predicted molar refractivity (Wildman–Crippen MR) is 108 cm³/mol. The Hall–Kier alpha value is -1.52. The number of alkyl halides is 3. The van der Waals surface area contributed by atoms with Crippen molar-refractivity contribution in [3.63, 3.8) is 0 Å². The number of benzene rings is 1. The van der Waals surface area contributed by atoms with Gasteiger partial charge in [-0.1, -0.05) is 69.3 Å². The lowest BCUT2D eigenvalue weighted by Gasteiger charge is -2.18. The molecular weight excluding hydrogens is 353 g/mol. The highest BCUT2D eigenvalue weighted by Gasteiger charge is 2.30. The van der Waals surface area contributed by atoms with Crippen molar-refractivity contribution < 1.29 is 13.2 Å². The van der Waals surface area contributed by atoms with E-state index in [4.69, 9.17) is 0 Å². The van der Waals surface area contributed by atoms with Crippen molar-refractivity contribution in [2.24, 2.45) is 0 Å². The Morgan fingerprint density at radius 1 is 0.840 bits per heavy atom. The molecule has 0 heterocycles. The van der Waals surface area contributed by atoms with E-state index in [-0.39, 0.29) is 0 Å². The zero-order chi connectivity index (χ0) is 19.5. The van der Waals surface area contributed by atoms with Gasteiger partial charge in [-0.05, 0) is 41.1 Å². The van der Waals surface area contributed by atoms with E-state index >= 15 is 0 Å². The second kappa shape index (κ2) is 7.80. The maximum absolute atomic E-state index is 12.7. The molecule has 0 unspecified atom stereocenters. The maximum atomic E-state index is 12.7. The second-order valence-electron chi connectivity index (χ2n) is 8.13. The van der Waals surface area contributed by atoms with E-state index in [0.717, 1.165) is 22.9 Å². The molecule has 0 radical (unpaired) electrons. The molecule has 136 valence electrons. The Morgan fingerprint density at radius 3 is 1.64 bits per heavy atom. The highest BCUT2D eigenvalue weighted by atomic mass is 28.3. The van der Waals surface area contributed by atoms with Crippen LogP contribution in [0.1, 0.15) is 18.1 Å². The van der Waals surface area contributed by atoms with E-state index in [0.29, 0.717) is 0 Å². The van der Waals surface area contributed by atoms with Crippen molar-refractivity contribution in [2.45, 2.75) is 52.4 Å². The van der Waals surface area contributed by atoms with Gasteiger partial charge in [-0.2, -0.15) is 13.2 Å². The molecule has 0 saturated heterocycles. The van der Waals surface area contributed by atoms with Gasteiger partial charge in [-0.3, -0.25) is 0 Å². The zero-order valence-corrected chi connectivity index (χ0v) is 18.1. The highest BCUT2D eigenvalue weighted by molar-refractivity contribution is 6.85. The first kappa shape index (κ1) is 21.5. The SMILES string of the molecule is C/C=C(\C#C/C(=C\c1ccc(C(F)(F)F)cc1)[Si](C)(C)C)[Si](C)(C)C. The Kier molecular flexibility index (Phi) is 6.71. The highest BCUT2D eigenvalue weighted by Crippen LogP contribution is 2.29. The molecule has 0 atom stereocenters. The monoisotopic (exact) mass is 380 g/mol. The van der Waals surface area contributed by atoms with Crippen molar-refractivity contribution in [1.82, 2.24) is 0 Å². The van der Waals surface area contributed by atoms with Gasteiger partial charge in [0, 0.05) is 0 Å². The van der Waals surface area contributed by atoms with Crippen LogP contribution in [0.3, 0.4) is 0 Å². The summed E-state index contributed by atoms with van der Waals surface area (Å²) >= 11 is 0. The van der Waals surface area contributed by atoms with Gasteiger partial charge in [0.15, 0.2) is 0 Å². The first-order valence-electron chi connectivity index (χ1n) is 8.33. The molecule has 1 aromatic rings. The van der Waals surface area contributed by atoms with Gasteiger partial charge in [0.2, 0.25) is 0 Å². The largest absolute Gasteiger partial charge is 0.416 e. The van der Waals surface area contributed by atoms with Crippen LogP contribution in [0, 0.1) is 11.8 Å². The Bertz CT molecular complexity index is 714. The van der Waals surface area contributed by atoms with Gasteiger partial charge in [0.25, 0.3) is 0 Å². The van der Waals surface area contributed by atoms with E-state index in [2.05, 4.69) is 57.2 Å². The summed E-state index contributed by atoms with van der Waals surface area (Å²) < 4.78 is 38.1. The third-order valence-electron chi connectivity index (χ3n) is 3.79. The summed E-state index contributed by atoms with van der Waals surface area (Å²) in [6.07, 6.45) is -0.280. The summed E-state index contributed by atoms with van der Waals surface area (Å²) in [6.45, 7) is 15.4. The van der Waals surface area contributed by atoms with Crippen LogP contribution in [-0.4, -0.2) is 16.1 Å². The van der Waals surface area contributed by atoms with E-state index in [1.807, 2.05) is 13.0 Å². The molecule has 1 aromatic carbocycles. The number of rotatable bonds is 3. The fraction of sp³-hybridized carbons (Fsp3) is 0.400. The molecule has 0 aliphatic heterocycles. The minimum atomic E-state index is -4.30. The van der Waals surface area contributed by atoms with E-state index in [9.17, 15) is 13.2 Å². The molecule has 0 nitrogen and oxygen atoms in total. The topological polar surface area (TPSA) is 0 Å². The molecule has 0 amide bonds. The van der Waals surface area contributed by atoms with E-state index < -0.39 is 27.9 Å². The average molecular weight is 381 g/mol. The third-order valence-corrected chi connectivity index (χ3v) is 7.70. The van der Waals surface area contributed by atoms with Gasteiger partial charge in [-0.25, -0.2) is 0 Å². The summed E-state index contributed by atoms with van der Waals surface area (Å²) in [6, 6.07) is 5.28. The van der Waals surface area contributed by atoms with Gasteiger partial charge >= 0.3 is 6.18 Å². The molecule has 0 bridgehead atoms. The summed E-state index contributed by atoms with van der Waals surface area (Å²) in [4.78, 5) is 0. The number of allylic oxidation sites excluding steroid dienone is 3. The average Bonchev–Trinajstić information content (AvgIpc) is 2.43. The minimum absolute atomic E-state index is 0.625. The Labute approximate surface area is 151 Å². The zero-order valence-electron chi connectivity index (χ0n) is 16.1. The van der Waals surface area contributed by atoms with Crippen molar-refractivity contribution >= 4 is 22.2 Å². The Balaban J connectivity index is 3.28. The Morgan fingerprint density at radius 2 is 1.28 bits per heavy atom. The van der Waals surface area contributed by atoms with Crippen LogP contribution in [0.15, 0.2) is 40.7 Å². The third kappa shape index (κ3) is 6.71. The number of hydrogen-bond donors (Lipinski definition) is 0. The van der Waals surface area contributed by atoms with Crippen LogP contribution in [0.25, 0.3) is 6.08 Å². The number of halogens is 3. The summed E-state index contributed by atoms with van der Waals surface area (Å²) in [5.74, 6) is 6.66. The lowest BCUT2D eigenvalue weighted by Crippen LogP contribution is -2.25. The van der Waals surface area contributed by atoms with Crippen molar-refractivity contribution in [1.29, 1.82) is 0 Å². The summed E-state index contributed by atoms with van der Waals surface area (Å²) in [7, 11) is -3.19. The quantitative estimate of drug-likeness (QED) is 0.400. The first-order chi connectivity index (χ1) is 11.2. The molecule has 1 rings (SSSR count). The number of hydrogen-bond acceptors (Lipinski definition) is 0. The van der Waals surface area contributed by atoms with Crippen LogP contribution in [-0.2, 0) is 6.18 Å². The van der Waals surface area contributed by atoms with Gasteiger partial charge in [0.05, 0.1) is 21.7 Å². The van der Waals surface area contributed by atoms with Gasteiger partial charge in [-0.15, -0.1) is 0 Å². The summed E-state index contributed by atoms with van der Waals surface area (Å²) in [5, 5.41) is 2.24. The fourth-order valence-corrected chi connectivity index (χ4v) is 4.54. The second-order valence-corrected chi connectivity index (χ2v) is 18.2. The molecular formula is C20H27F3Si2. The predicted octanol–water partition coefficient (Wildman–Crippen LogP) is 6.79. The van der Waals surface area contributed by atoms with Gasteiger partial charge < -0.3 is 0 Å². The molecule has 5 heteroatoms. The van der Waals surface area contributed by atoms with Crippen LogP contribution in [0.2, 0.25) is 39.3 Å². The fourth-order valence-electron chi connectivity index (χ4n) is 2.20. The first-order valence-corrected chi connectivity index (χ1v) is 15.3. The maximum Gasteiger partial charge on any atom is 0.416 e. The smallest absolute Gasteiger partial charge is 0.166 e. The van der Waals surface area contributed by atoms with Crippen LogP contribution >= 0.6 is 0 Å². The standard InChI is InChI=1S/C20H27F3Si2/c1-8-18(24(2,3)4)13-14-19(25(5,6)7)15-16-9-11-17(12-10-16)20(21,22)23/h8-12,15H,1-7H3/b18-8+,19-15+. The molecule has 0 aliphatic rings. The minimum Gasteiger partial charge on any atom is -0.166 e. The van der Waals surface area contributed by atoms with Crippen LogP contribution < -0.4 is 0 Å². The molecule has 0 aromatic heterocycles.